The van der Waals surface area contributed by atoms with Crippen molar-refractivity contribution in [1.29, 1.82) is 0 Å². The quantitative estimate of drug-likeness (QED) is 0.858. The third-order valence-electron chi connectivity index (χ3n) is 3.27. The molecule has 1 aromatic carbocycles. The van der Waals surface area contributed by atoms with Gasteiger partial charge in [0.05, 0.1) is 5.92 Å². The normalized spacial score (nSPS) is 13.7. The van der Waals surface area contributed by atoms with E-state index in [1.807, 2.05) is 54.8 Å². The summed E-state index contributed by atoms with van der Waals surface area (Å²) in [6.45, 7) is 2.25. The van der Waals surface area contributed by atoms with Gasteiger partial charge in [0.15, 0.2) is 0 Å². The zero-order valence-electron chi connectivity index (χ0n) is 11.5. The van der Waals surface area contributed by atoms with Gasteiger partial charge in [-0.3, -0.25) is 4.79 Å². The molecule has 1 aromatic heterocycles. The zero-order valence-corrected chi connectivity index (χ0v) is 12.3. The van der Waals surface area contributed by atoms with Crippen LogP contribution in [-0.4, -0.2) is 17.6 Å². The van der Waals surface area contributed by atoms with E-state index in [9.17, 15) is 9.90 Å². The van der Waals surface area contributed by atoms with Crippen molar-refractivity contribution in [3.8, 4) is 0 Å². The molecule has 2 atom stereocenters. The number of thiophene rings is 1. The summed E-state index contributed by atoms with van der Waals surface area (Å²) < 4.78 is 0. The van der Waals surface area contributed by atoms with Crippen LogP contribution in [-0.2, 0) is 4.79 Å². The minimum atomic E-state index is -0.632. The van der Waals surface area contributed by atoms with Crippen molar-refractivity contribution < 1.29 is 9.90 Å². The van der Waals surface area contributed by atoms with E-state index >= 15 is 0 Å². The van der Waals surface area contributed by atoms with E-state index in [1.54, 1.807) is 0 Å². The first kappa shape index (κ1) is 14.8. The zero-order chi connectivity index (χ0) is 14.4. The molecule has 0 bridgehead atoms. The third kappa shape index (κ3) is 3.68. The highest BCUT2D eigenvalue weighted by atomic mass is 32.1. The van der Waals surface area contributed by atoms with Crippen LogP contribution in [0.1, 0.15) is 35.8 Å². The van der Waals surface area contributed by atoms with Crippen LogP contribution in [0.4, 0.5) is 0 Å². The summed E-state index contributed by atoms with van der Waals surface area (Å²) in [6, 6.07) is 13.5. The van der Waals surface area contributed by atoms with E-state index in [1.165, 1.54) is 11.3 Å². The molecular formula is C16H19NO2S. The molecule has 0 aliphatic rings. The first-order valence-corrected chi connectivity index (χ1v) is 7.64. The van der Waals surface area contributed by atoms with Gasteiger partial charge in [-0.05, 0) is 23.4 Å². The maximum absolute atomic E-state index is 12.2. The predicted octanol–water partition coefficient (Wildman–Crippen LogP) is 3.09. The van der Waals surface area contributed by atoms with E-state index < -0.39 is 6.10 Å². The number of aliphatic hydroxyl groups excluding tert-OH is 1. The van der Waals surface area contributed by atoms with Crippen molar-refractivity contribution in [1.82, 2.24) is 5.32 Å². The minimum Gasteiger partial charge on any atom is -0.386 e. The third-order valence-corrected chi connectivity index (χ3v) is 4.24. The molecule has 20 heavy (non-hydrogen) atoms. The average Bonchev–Trinajstić information content (AvgIpc) is 3.01. The van der Waals surface area contributed by atoms with Gasteiger partial charge in [0.25, 0.3) is 0 Å². The summed E-state index contributed by atoms with van der Waals surface area (Å²) in [5.74, 6) is -0.193. The van der Waals surface area contributed by atoms with Crippen molar-refractivity contribution in [3.05, 3.63) is 58.3 Å². The van der Waals surface area contributed by atoms with Crippen LogP contribution in [0.2, 0.25) is 0 Å². The number of hydrogen-bond donors (Lipinski definition) is 2. The Balaban J connectivity index is 1.93. The van der Waals surface area contributed by atoms with Crippen molar-refractivity contribution in [3.63, 3.8) is 0 Å². The number of amides is 1. The van der Waals surface area contributed by atoms with Gasteiger partial charge in [0.2, 0.25) is 5.91 Å². The van der Waals surface area contributed by atoms with E-state index in [4.69, 9.17) is 0 Å². The topological polar surface area (TPSA) is 49.3 Å². The van der Waals surface area contributed by atoms with Crippen LogP contribution in [0.15, 0.2) is 47.8 Å². The molecule has 106 valence electrons. The van der Waals surface area contributed by atoms with Gasteiger partial charge in [-0.15, -0.1) is 11.3 Å². The van der Waals surface area contributed by atoms with Crippen LogP contribution in [0.5, 0.6) is 0 Å². The molecule has 3 nitrogen and oxygen atoms in total. The second-order valence-electron chi connectivity index (χ2n) is 4.65. The molecular weight excluding hydrogens is 270 g/mol. The van der Waals surface area contributed by atoms with Crippen LogP contribution in [0.3, 0.4) is 0 Å². The second-order valence-corrected chi connectivity index (χ2v) is 5.63. The first-order valence-electron chi connectivity index (χ1n) is 6.76. The average molecular weight is 289 g/mol. The predicted molar refractivity (Wildman–Crippen MR) is 81.8 cm³/mol. The van der Waals surface area contributed by atoms with Crippen molar-refractivity contribution >= 4 is 17.2 Å². The standard InChI is InChI=1S/C16H19NO2S/c1-2-13(12-7-4-3-5-8-12)16(19)17-11-14(18)15-9-6-10-20-15/h3-10,13-14,18H,2,11H2,1H3,(H,17,19). The Morgan fingerprint density at radius 1 is 1.25 bits per heavy atom. The monoisotopic (exact) mass is 289 g/mol. The molecule has 0 aliphatic carbocycles. The van der Waals surface area contributed by atoms with Crippen LogP contribution in [0.25, 0.3) is 0 Å². The Hall–Kier alpha value is -1.65. The van der Waals surface area contributed by atoms with Crippen LogP contribution in [0, 0.1) is 0 Å². The summed E-state index contributed by atoms with van der Waals surface area (Å²) in [7, 11) is 0. The van der Waals surface area contributed by atoms with E-state index in [2.05, 4.69) is 5.32 Å². The van der Waals surface area contributed by atoms with Gasteiger partial charge in [-0.2, -0.15) is 0 Å². The SMILES string of the molecule is CCC(C(=O)NCC(O)c1cccs1)c1ccccc1. The number of aliphatic hydroxyl groups is 1. The van der Waals surface area contributed by atoms with E-state index in [0.717, 1.165) is 16.9 Å². The highest BCUT2D eigenvalue weighted by Gasteiger charge is 2.19. The lowest BCUT2D eigenvalue weighted by Crippen LogP contribution is -2.32. The molecule has 2 N–H and O–H groups in total. The second kappa shape index (κ2) is 7.22. The van der Waals surface area contributed by atoms with E-state index in [-0.39, 0.29) is 18.4 Å². The maximum Gasteiger partial charge on any atom is 0.227 e. The largest absolute Gasteiger partial charge is 0.386 e. The molecule has 2 aromatic rings. The maximum atomic E-state index is 12.2. The fraction of sp³-hybridized carbons (Fsp3) is 0.312. The molecule has 0 fully saturated rings. The van der Waals surface area contributed by atoms with Gasteiger partial charge in [-0.1, -0.05) is 43.3 Å². The fourth-order valence-corrected chi connectivity index (χ4v) is 2.87. The van der Waals surface area contributed by atoms with Gasteiger partial charge < -0.3 is 10.4 Å². The van der Waals surface area contributed by atoms with Gasteiger partial charge >= 0.3 is 0 Å². The molecule has 2 rings (SSSR count). The lowest BCUT2D eigenvalue weighted by Gasteiger charge is -2.17. The van der Waals surface area contributed by atoms with Crippen molar-refractivity contribution in [2.75, 3.05) is 6.54 Å². The van der Waals surface area contributed by atoms with Gasteiger partial charge in [0, 0.05) is 11.4 Å². The summed E-state index contributed by atoms with van der Waals surface area (Å²) in [4.78, 5) is 13.1. The summed E-state index contributed by atoms with van der Waals surface area (Å²) >= 11 is 1.49. The summed E-state index contributed by atoms with van der Waals surface area (Å²) in [5.41, 5.74) is 1.01. The lowest BCUT2D eigenvalue weighted by molar-refractivity contribution is -0.123. The van der Waals surface area contributed by atoms with Crippen molar-refractivity contribution in [2.24, 2.45) is 0 Å². The number of benzene rings is 1. The smallest absolute Gasteiger partial charge is 0.227 e. The lowest BCUT2D eigenvalue weighted by atomic mass is 9.95. The number of carbonyl (C=O) groups excluding carboxylic acids is 1. The van der Waals surface area contributed by atoms with Gasteiger partial charge in [0.1, 0.15) is 6.10 Å². The molecule has 1 amide bonds. The Morgan fingerprint density at radius 3 is 2.60 bits per heavy atom. The number of nitrogens with one attached hydrogen (secondary N) is 1. The Morgan fingerprint density at radius 2 is 2.00 bits per heavy atom. The fourth-order valence-electron chi connectivity index (χ4n) is 2.16. The Labute approximate surface area is 123 Å². The highest BCUT2D eigenvalue weighted by Crippen LogP contribution is 2.21. The minimum absolute atomic E-state index is 0.0330. The first-order chi connectivity index (χ1) is 9.72. The highest BCUT2D eigenvalue weighted by molar-refractivity contribution is 7.10. The molecule has 0 saturated heterocycles. The van der Waals surface area contributed by atoms with E-state index in [0.29, 0.717) is 0 Å². The molecule has 0 saturated carbocycles. The van der Waals surface area contributed by atoms with Crippen LogP contribution >= 0.6 is 11.3 Å². The molecule has 2 unspecified atom stereocenters. The number of carbonyl (C=O) groups is 1. The Bertz CT molecular complexity index is 525. The molecule has 0 spiro atoms. The van der Waals surface area contributed by atoms with Gasteiger partial charge in [-0.25, -0.2) is 0 Å². The van der Waals surface area contributed by atoms with Crippen molar-refractivity contribution in [2.45, 2.75) is 25.4 Å². The molecule has 0 aliphatic heterocycles. The van der Waals surface area contributed by atoms with Crippen LogP contribution < -0.4 is 5.32 Å². The number of hydrogen-bond acceptors (Lipinski definition) is 3. The summed E-state index contributed by atoms with van der Waals surface area (Å²) in [6.07, 6.45) is 0.109. The molecule has 0 radical (unpaired) electrons. The molecule has 1 heterocycles. The number of rotatable bonds is 6. The summed E-state index contributed by atoms with van der Waals surface area (Å²) in [5, 5.41) is 14.7. The Kier molecular flexibility index (Phi) is 5.32. The molecule has 4 heteroatoms.